The van der Waals surface area contributed by atoms with Crippen molar-refractivity contribution in [3.63, 3.8) is 0 Å². The van der Waals surface area contributed by atoms with E-state index in [2.05, 4.69) is 20.1 Å². The number of hydrogen-bond acceptors (Lipinski definition) is 4. The maximum Gasteiger partial charge on any atom is 0.573 e. The molecule has 6 nitrogen and oxygen atoms in total. The molecular weight excluding hydrogens is 373 g/mol. The fourth-order valence-electron chi connectivity index (χ4n) is 2.63. The lowest BCUT2D eigenvalue weighted by molar-refractivity contribution is -0.274. The van der Waals surface area contributed by atoms with Gasteiger partial charge in [0, 0.05) is 0 Å². The molecule has 3 rings (SSSR count). The third-order valence-corrected chi connectivity index (χ3v) is 3.98. The molecule has 0 spiro atoms. The number of nitrogens with zero attached hydrogens (tertiary/aromatic N) is 3. The average molecular weight is 390 g/mol. The first-order valence-electron chi connectivity index (χ1n) is 8.39. The minimum absolute atomic E-state index is 0.0493. The van der Waals surface area contributed by atoms with Crippen molar-refractivity contribution in [3.8, 4) is 11.4 Å². The molecule has 1 aromatic heterocycles. The number of rotatable bonds is 6. The average Bonchev–Trinajstić information content (AvgIpc) is 3.17. The molecule has 0 aliphatic carbocycles. The van der Waals surface area contributed by atoms with E-state index in [1.165, 1.54) is 30.6 Å². The van der Waals surface area contributed by atoms with Gasteiger partial charge in [-0.3, -0.25) is 4.79 Å². The van der Waals surface area contributed by atoms with E-state index in [1.54, 1.807) is 11.0 Å². The smallest absolute Gasteiger partial charge is 0.406 e. The predicted octanol–water partition coefficient (Wildman–Crippen LogP) is 3.59. The zero-order valence-corrected chi connectivity index (χ0v) is 14.8. The summed E-state index contributed by atoms with van der Waals surface area (Å²) in [6.07, 6.45) is -1.66. The minimum atomic E-state index is -4.74. The van der Waals surface area contributed by atoms with Crippen molar-refractivity contribution < 1.29 is 22.7 Å². The van der Waals surface area contributed by atoms with Gasteiger partial charge in [-0.25, -0.2) is 9.67 Å². The third-order valence-electron chi connectivity index (χ3n) is 3.98. The predicted molar refractivity (Wildman–Crippen MR) is 94.7 cm³/mol. The first-order valence-corrected chi connectivity index (χ1v) is 8.39. The van der Waals surface area contributed by atoms with E-state index in [4.69, 9.17) is 0 Å². The van der Waals surface area contributed by atoms with Crippen LogP contribution in [0.5, 0.6) is 5.75 Å². The molecule has 1 amide bonds. The second-order valence-electron chi connectivity index (χ2n) is 6.09. The zero-order valence-electron chi connectivity index (χ0n) is 14.8. The molecule has 0 saturated heterocycles. The minimum Gasteiger partial charge on any atom is -0.406 e. The van der Waals surface area contributed by atoms with Crippen molar-refractivity contribution >= 4 is 5.91 Å². The van der Waals surface area contributed by atoms with E-state index in [1.807, 2.05) is 31.2 Å². The van der Waals surface area contributed by atoms with E-state index < -0.39 is 6.36 Å². The lowest BCUT2D eigenvalue weighted by Gasteiger charge is -2.15. The summed E-state index contributed by atoms with van der Waals surface area (Å²) in [6, 6.07) is 12.5. The van der Waals surface area contributed by atoms with Gasteiger partial charge in [-0.2, -0.15) is 5.10 Å². The van der Waals surface area contributed by atoms with E-state index >= 15 is 0 Å². The highest BCUT2D eigenvalue weighted by Crippen LogP contribution is 2.23. The monoisotopic (exact) mass is 390 g/mol. The normalized spacial score (nSPS) is 12.4. The summed E-state index contributed by atoms with van der Waals surface area (Å²) < 4.78 is 41.9. The van der Waals surface area contributed by atoms with Crippen LogP contribution >= 0.6 is 0 Å². The lowest BCUT2D eigenvalue weighted by atomic mass is 10.1. The third kappa shape index (κ3) is 5.32. The van der Waals surface area contributed by atoms with Crippen LogP contribution in [-0.2, 0) is 11.2 Å². The van der Waals surface area contributed by atoms with Crippen LogP contribution in [0.2, 0.25) is 0 Å². The number of carbonyl (C=O) groups excluding carboxylic acids is 1. The number of halogens is 3. The van der Waals surface area contributed by atoms with Crippen molar-refractivity contribution in [2.24, 2.45) is 0 Å². The van der Waals surface area contributed by atoms with Gasteiger partial charge in [0.05, 0.1) is 18.2 Å². The summed E-state index contributed by atoms with van der Waals surface area (Å²) >= 11 is 0. The molecule has 146 valence electrons. The highest BCUT2D eigenvalue weighted by atomic mass is 19.4. The molecule has 0 fully saturated rings. The molecule has 1 N–H and O–H groups in total. The summed E-state index contributed by atoms with van der Waals surface area (Å²) in [5.41, 5.74) is 2.34. The van der Waals surface area contributed by atoms with Crippen LogP contribution in [-0.4, -0.2) is 27.0 Å². The Hall–Kier alpha value is -3.36. The van der Waals surface area contributed by atoms with Crippen LogP contribution in [0.1, 0.15) is 24.1 Å². The Balaban J connectivity index is 1.55. The fourth-order valence-corrected chi connectivity index (χ4v) is 2.63. The van der Waals surface area contributed by atoms with Crippen LogP contribution < -0.4 is 10.1 Å². The Morgan fingerprint density at radius 2 is 1.82 bits per heavy atom. The standard InChI is InChI=1S/C19H17F3N4O2/c1-13(15-4-6-16(7-5-15)26-12-23-11-24-26)25-18(27)10-14-2-8-17(9-3-14)28-19(20,21)22/h2-9,11-13H,10H2,1H3,(H,25,27). The van der Waals surface area contributed by atoms with Gasteiger partial charge in [0.2, 0.25) is 5.91 Å². The zero-order chi connectivity index (χ0) is 20.1. The van der Waals surface area contributed by atoms with Gasteiger partial charge >= 0.3 is 6.36 Å². The molecule has 1 unspecified atom stereocenters. The molecule has 0 radical (unpaired) electrons. The number of alkyl halides is 3. The molecule has 0 aliphatic rings. The van der Waals surface area contributed by atoms with Gasteiger partial charge in [0.15, 0.2) is 0 Å². The van der Waals surface area contributed by atoms with Crippen LogP contribution in [0.4, 0.5) is 13.2 Å². The Kier molecular flexibility index (Phi) is 5.62. The second kappa shape index (κ2) is 8.12. The molecule has 28 heavy (non-hydrogen) atoms. The van der Waals surface area contributed by atoms with E-state index in [0.29, 0.717) is 5.56 Å². The van der Waals surface area contributed by atoms with E-state index in [0.717, 1.165) is 11.3 Å². The van der Waals surface area contributed by atoms with Gasteiger partial charge in [0.25, 0.3) is 0 Å². The van der Waals surface area contributed by atoms with Gasteiger partial charge < -0.3 is 10.1 Å². The lowest BCUT2D eigenvalue weighted by Crippen LogP contribution is -2.28. The summed E-state index contributed by atoms with van der Waals surface area (Å²) in [5, 5.41) is 6.91. The summed E-state index contributed by atoms with van der Waals surface area (Å²) in [6.45, 7) is 1.85. The van der Waals surface area contributed by atoms with Gasteiger partial charge in [-0.15, -0.1) is 13.2 Å². The van der Waals surface area contributed by atoms with E-state index in [-0.39, 0.29) is 24.1 Å². The maximum atomic E-state index is 12.2. The first-order chi connectivity index (χ1) is 13.3. The Labute approximate surface area is 159 Å². The number of nitrogens with one attached hydrogen (secondary N) is 1. The van der Waals surface area contributed by atoms with Gasteiger partial charge in [-0.05, 0) is 42.3 Å². The number of ether oxygens (including phenoxy) is 1. The van der Waals surface area contributed by atoms with Crippen molar-refractivity contribution in [2.75, 3.05) is 0 Å². The van der Waals surface area contributed by atoms with Crippen molar-refractivity contribution in [3.05, 3.63) is 72.3 Å². The number of hydrogen-bond donors (Lipinski definition) is 1. The largest absolute Gasteiger partial charge is 0.573 e. The SMILES string of the molecule is CC(NC(=O)Cc1ccc(OC(F)(F)F)cc1)c1ccc(-n2cncn2)cc1. The first kappa shape index (κ1) is 19.4. The second-order valence-corrected chi connectivity index (χ2v) is 6.09. The summed E-state index contributed by atoms with van der Waals surface area (Å²) in [7, 11) is 0. The summed E-state index contributed by atoms with van der Waals surface area (Å²) in [5.74, 6) is -0.560. The maximum absolute atomic E-state index is 12.2. The highest BCUT2D eigenvalue weighted by molar-refractivity contribution is 5.79. The van der Waals surface area contributed by atoms with Gasteiger partial charge in [0.1, 0.15) is 18.4 Å². The summed E-state index contributed by atoms with van der Waals surface area (Å²) in [4.78, 5) is 16.1. The van der Waals surface area contributed by atoms with E-state index in [9.17, 15) is 18.0 Å². The number of carbonyl (C=O) groups is 1. The molecule has 1 atom stereocenters. The van der Waals surface area contributed by atoms with Gasteiger partial charge in [-0.1, -0.05) is 24.3 Å². The molecule has 2 aromatic carbocycles. The van der Waals surface area contributed by atoms with Crippen molar-refractivity contribution in [2.45, 2.75) is 25.7 Å². The molecule has 0 bridgehead atoms. The van der Waals surface area contributed by atoms with Crippen LogP contribution in [0.15, 0.2) is 61.2 Å². The molecule has 9 heteroatoms. The molecule has 3 aromatic rings. The molecule has 0 saturated carbocycles. The topological polar surface area (TPSA) is 69.0 Å². The Morgan fingerprint density at radius 3 is 2.39 bits per heavy atom. The molecular formula is C19H17F3N4O2. The Morgan fingerprint density at radius 1 is 1.14 bits per heavy atom. The Bertz CT molecular complexity index is 908. The number of aromatic nitrogens is 3. The van der Waals surface area contributed by atoms with Crippen LogP contribution in [0, 0.1) is 0 Å². The number of benzene rings is 2. The molecule has 1 heterocycles. The van der Waals surface area contributed by atoms with Crippen molar-refractivity contribution in [1.82, 2.24) is 20.1 Å². The number of amides is 1. The van der Waals surface area contributed by atoms with Crippen LogP contribution in [0.25, 0.3) is 5.69 Å². The highest BCUT2D eigenvalue weighted by Gasteiger charge is 2.30. The molecule has 0 aliphatic heterocycles. The van der Waals surface area contributed by atoms with Crippen molar-refractivity contribution in [1.29, 1.82) is 0 Å². The quantitative estimate of drug-likeness (QED) is 0.699. The van der Waals surface area contributed by atoms with Crippen LogP contribution in [0.3, 0.4) is 0 Å². The fraction of sp³-hybridized carbons (Fsp3) is 0.211.